The fraction of sp³-hybridized carbons (Fsp3) is 0.200. The lowest BCUT2D eigenvalue weighted by molar-refractivity contribution is 0.111. The number of methoxy groups -OCH3 is 1. The zero-order valence-electron chi connectivity index (χ0n) is 11.3. The Labute approximate surface area is 116 Å². The molecule has 0 saturated carbocycles. The lowest BCUT2D eigenvalue weighted by Gasteiger charge is -2.18. The molecule has 0 bridgehead atoms. The third kappa shape index (κ3) is 3.12. The molecule has 0 aliphatic heterocycles. The number of carbonyl (C=O) groups is 1. The summed E-state index contributed by atoms with van der Waals surface area (Å²) in [6, 6.07) is 10.7. The maximum absolute atomic E-state index is 13.5. The maximum Gasteiger partial charge on any atom is 0.225 e. The molecular weight excluding hydrogens is 259 g/mol. The van der Waals surface area contributed by atoms with E-state index in [0.717, 1.165) is 11.3 Å². The maximum atomic E-state index is 13.5. The van der Waals surface area contributed by atoms with Crippen LogP contribution in [0.1, 0.15) is 15.9 Å². The number of rotatable bonds is 5. The molecule has 0 atom stereocenters. The van der Waals surface area contributed by atoms with Gasteiger partial charge in [0, 0.05) is 13.6 Å². The Morgan fingerprint density at radius 3 is 2.50 bits per heavy atom. The van der Waals surface area contributed by atoms with Crippen molar-refractivity contribution in [1.29, 1.82) is 0 Å². The highest BCUT2D eigenvalue weighted by Crippen LogP contribution is 2.17. The first-order valence-corrected chi connectivity index (χ1v) is 6.10. The van der Waals surface area contributed by atoms with E-state index in [2.05, 4.69) is 4.98 Å². The van der Waals surface area contributed by atoms with Crippen molar-refractivity contribution in [2.24, 2.45) is 0 Å². The fourth-order valence-electron chi connectivity index (χ4n) is 1.82. The summed E-state index contributed by atoms with van der Waals surface area (Å²) < 4.78 is 18.6. The minimum Gasteiger partial charge on any atom is -0.497 e. The van der Waals surface area contributed by atoms with E-state index in [4.69, 9.17) is 4.74 Å². The first-order valence-electron chi connectivity index (χ1n) is 6.10. The van der Waals surface area contributed by atoms with Crippen LogP contribution in [0.15, 0.2) is 36.4 Å². The van der Waals surface area contributed by atoms with Gasteiger partial charge in [-0.2, -0.15) is 4.39 Å². The number of pyridine rings is 1. The Kier molecular flexibility index (Phi) is 4.30. The molecule has 20 heavy (non-hydrogen) atoms. The van der Waals surface area contributed by atoms with Gasteiger partial charge in [0.2, 0.25) is 5.95 Å². The summed E-state index contributed by atoms with van der Waals surface area (Å²) in [6.07, 6.45) is 0.454. The van der Waals surface area contributed by atoms with Crippen LogP contribution in [0.4, 0.5) is 10.2 Å². The number of benzene rings is 1. The Morgan fingerprint density at radius 2 is 1.95 bits per heavy atom. The smallest absolute Gasteiger partial charge is 0.225 e. The van der Waals surface area contributed by atoms with Gasteiger partial charge < -0.3 is 9.64 Å². The molecule has 0 spiro atoms. The zero-order chi connectivity index (χ0) is 14.5. The van der Waals surface area contributed by atoms with Gasteiger partial charge in [0.15, 0.2) is 6.29 Å². The molecule has 5 heteroatoms. The van der Waals surface area contributed by atoms with Crippen LogP contribution in [-0.2, 0) is 6.54 Å². The van der Waals surface area contributed by atoms with Gasteiger partial charge in [-0.05, 0) is 29.8 Å². The molecule has 0 unspecified atom stereocenters. The molecule has 1 heterocycles. The molecule has 0 radical (unpaired) electrons. The number of carbonyl (C=O) groups excluding carboxylic acids is 1. The van der Waals surface area contributed by atoms with Crippen molar-refractivity contribution in [2.45, 2.75) is 6.54 Å². The molecule has 2 rings (SSSR count). The van der Waals surface area contributed by atoms with Crippen LogP contribution >= 0.6 is 0 Å². The largest absolute Gasteiger partial charge is 0.497 e. The van der Waals surface area contributed by atoms with E-state index in [1.165, 1.54) is 6.07 Å². The van der Waals surface area contributed by atoms with Crippen LogP contribution in [-0.4, -0.2) is 25.4 Å². The van der Waals surface area contributed by atoms with Crippen molar-refractivity contribution in [3.05, 3.63) is 53.5 Å². The topological polar surface area (TPSA) is 42.4 Å². The second kappa shape index (κ2) is 6.14. The van der Waals surface area contributed by atoms with Crippen molar-refractivity contribution < 1.29 is 13.9 Å². The second-order valence-corrected chi connectivity index (χ2v) is 4.37. The van der Waals surface area contributed by atoms with Crippen LogP contribution in [0.25, 0.3) is 0 Å². The van der Waals surface area contributed by atoms with Gasteiger partial charge in [0.05, 0.1) is 12.7 Å². The van der Waals surface area contributed by atoms with Gasteiger partial charge in [0.1, 0.15) is 11.6 Å². The zero-order valence-corrected chi connectivity index (χ0v) is 11.3. The first-order chi connectivity index (χ1) is 9.63. The van der Waals surface area contributed by atoms with E-state index in [-0.39, 0.29) is 5.56 Å². The van der Waals surface area contributed by atoms with E-state index in [1.54, 1.807) is 18.1 Å². The quantitative estimate of drug-likeness (QED) is 0.621. The molecular formula is C15H15FN2O2. The van der Waals surface area contributed by atoms with Crippen molar-refractivity contribution in [3.8, 4) is 5.75 Å². The van der Waals surface area contributed by atoms with E-state index < -0.39 is 5.95 Å². The molecule has 4 nitrogen and oxygen atoms in total. The van der Waals surface area contributed by atoms with Crippen LogP contribution in [0.3, 0.4) is 0 Å². The minimum absolute atomic E-state index is 0.0356. The Balaban J connectivity index is 2.12. The molecule has 0 aliphatic rings. The molecule has 1 aromatic carbocycles. The average molecular weight is 274 g/mol. The second-order valence-electron chi connectivity index (χ2n) is 4.37. The molecule has 0 aliphatic carbocycles. The highest BCUT2D eigenvalue weighted by molar-refractivity contribution is 5.75. The van der Waals surface area contributed by atoms with Gasteiger partial charge in [-0.1, -0.05) is 12.1 Å². The summed E-state index contributed by atoms with van der Waals surface area (Å²) >= 11 is 0. The Bertz CT molecular complexity index is 599. The standard InChI is InChI=1S/C15H15FN2O2/c1-18(9-11-3-6-13(20-2)7-4-11)14-8-5-12(10-19)15(16)17-14/h3-8,10H,9H2,1-2H3. The third-order valence-corrected chi connectivity index (χ3v) is 2.96. The van der Waals surface area contributed by atoms with Crippen molar-refractivity contribution in [2.75, 3.05) is 19.1 Å². The summed E-state index contributed by atoms with van der Waals surface area (Å²) in [5.41, 5.74) is 1.02. The monoisotopic (exact) mass is 274 g/mol. The minimum atomic E-state index is -0.751. The van der Waals surface area contributed by atoms with E-state index in [9.17, 15) is 9.18 Å². The van der Waals surface area contributed by atoms with Crippen molar-refractivity contribution >= 4 is 12.1 Å². The number of nitrogens with zero attached hydrogens (tertiary/aromatic N) is 2. The lowest BCUT2D eigenvalue weighted by Crippen LogP contribution is -2.18. The number of ether oxygens (including phenoxy) is 1. The SMILES string of the molecule is COc1ccc(CN(C)c2ccc(C=O)c(F)n2)cc1. The van der Waals surface area contributed by atoms with Crippen molar-refractivity contribution in [1.82, 2.24) is 4.98 Å². The molecule has 1 aromatic heterocycles. The van der Waals surface area contributed by atoms with Gasteiger partial charge >= 0.3 is 0 Å². The van der Waals surface area contributed by atoms with Crippen LogP contribution < -0.4 is 9.64 Å². The lowest BCUT2D eigenvalue weighted by atomic mass is 10.2. The Hall–Kier alpha value is -2.43. The van der Waals surface area contributed by atoms with E-state index >= 15 is 0 Å². The molecule has 0 fully saturated rings. The number of anilines is 1. The van der Waals surface area contributed by atoms with Crippen LogP contribution in [0, 0.1) is 5.95 Å². The summed E-state index contributed by atoms with van der Waals surface area (Å²) in [5, 5.41) is 0. The summed E-state index contributed by atoms with van der Waals surface area (Å²) in [4.78, 5) is 16.1. The predicted molar refractivity (Wildman–Crippen MR) is 74.7 cm³/mol. The summed E-state index contributed by atoms with van der Waals surface area (Å²) in [6.45, 7) is 0.580. The Morgan fingerprint density at radius 1 is 1.25 bits per heavy atom. The first kappa shape index (κ1) is 14.0. The summed E-state index contributed by atoms with van der Waals surface area (Å²) in [7, 11) is 3.43. The van der Waals surface area contributed by atoms with Crippen LogP contribution in [0.5, 0.6) is 5.75 Å². The predicted octanol–water partition coefficient (Wildman–Crippen LogP) is 2.68. The number of halogens is 1. The molecule has 2 aromatic rings. The number of aldehydes is 1. The van der Waals surface area contributed by atoms with Crippen LogP contribution in [0.2, 0.25) is 0 Å². The van der Waals surface area contributed by atoms with Gasteiger partial charge in [-0.3, -0.25) is 4.79 Å². The van der Waals surface area contributed by atoms with E-state index in [0.29, 0.717) is 18.6 Å². The third-order valence-electron chi connectivity index (χ3n) is 2.96. The average Bonchev–Trinajstić information content (AvgIpc) is 2.48. The van der Waals surface area contributed by atoms with Crippen molar-refractivity contribution in [3.63, 3.8) is 0 Å². The number of aromatic nitrogens is 1. The normalized spacial score (nSPS) is 10.2. The summed E-state index contributed by atoms with van der Waals surface area (Å²) in [5.74, 6) is 0.513. The van der Waals surface area contributed by atoms with Gasteiger partial charge in [0.25, 0.3) is 0 Å². The molecule has 0 saturated heterocycles. The van der Waals surface area contributed by atoms with Gasteiger partial charge in [-0.25, -0.2) is 4.98 Å². The highest BCUT2D eigenvalue weighted by atomic mass is 19.1. The fourth-order valence-corrected chi connectivity index (χ4v) is 1.82. The van der Waals surface area contributed by atoms with Gasteiger partial charge in [-0.15, -0.1) is 0 Å². The number of hydrogen-bond donors (Lipinski definition) is 0. The highest BCUT2D eigenvalue weighted by Gasteiger charge is 2.08. The molecule has 0 amide bonds. The van der Waals surface area contributed by atoms with E-state index in [1.807, 2.05) is 31.3 Å². The number of hydrogen-bond acceptors (Lipinski definition) is 4. The molecule has 104 valence electrons. The molecule has 0 N–H and O–H groups in total.